The molecule has 0 heterocycles. The minimum Gasteiger partial charge on any atom is -0.0622 e. The van der Waals surface area contributed by atoms with E-state index < -0.39 is 0 Å². The van der Waals surface area contributed by atoms with E-state index in [-0.39, 0.29) is 0 Å². The zero-order chi connectivity index (χ0) is 29.9. The Balaban J connectivity index is 1.59. The van der Waals surface area contributed by atoms with Crippen LogP contribution in [0.15, 0.2) is 133 Å². The van der Waals surface area contributed by atoms with Crippen LogP contribution in [0.2, 0.25) is 0 Å². The molecular formula is C44H34. The average molecular weight is 563 g/mol. The number of hydrogen-bond donors (Lipinski definition) is 0. The number of benzene rings is 8. The molecule has 0 radical (unpaired) electrons. The lowest BCUT2D eigenvalue weighted by atomic mass is 9.81. The number of aryl methyl sites for hydroxylation is 4. The standard InChI is InChI=1S/C44H34/c1-27-20-38-40(22-29(27)3)44(42-26-35-17-11-10-16-34(35)25-37(42)32-13-6-5-7-14-32)41-23-30(4)28(2)21-39(41)43(38)36-19-18-31-12-8-9-15-33(31)24-36/h5-26H,1-4H3. The lowest BCUT2D eigenvalue weighted by molar-refractivity contribution is 1.36. The number of rotatable bonds is 3. The van der Waals surface area contributed by atoms with Crippen LogP contribution in [0, 0.1) is 27.7 Å². The topological polar surface area (TPSA) is 0 Å². The fourth-order valence-electron chi connectivity index (χ4n) is 7.00. The molecule has 0 amide bonds. The van der Waals surface area contributed by atoms with Crippen molar-refractivity contribution in [2.24, 2.45) is 0 Å². The van der Waals surface area contributed by atoms with E-state index in [2.05, 4.69) is 161 Å². The van der Waals surface area contributed by atoms with Gasteiger partial charge in [0, 0.05) is 0 Å². The third-order valence-corrected chi connectivity index (χ3v) is 9.62. The summed E-state index contributed by atoms with van der Waals surface area (Å²) < 4.78 is 0. The minimum absolute atomic E-state index is 1.24. The third kappa shape index (κ3) is 4.21. The number of hydrogen-bond acceptors (Lipinski definition) is 0. The summed E-state index contributed by atoms with van der Waals surface area (Å²) in [7, 11) is 0. The molecule has 0 saturated carbocycles. The van der Waals surface area contributed by atoms with Crippen molar-refractivity contribution in [3.63, 3.8) is 0 Å². The normalized spacial score (nSPS) is 11.6. The first-order chi connectivity index (χ1) is 21.5. The molecule has 0 aliphatic rings. The monoisotopic (exact) mass is 562 g/mol. The maximum absolute atomic E-state index is 2.43. The van der Waals surface area contributed by atoms with Gasteiger partial charge in [-0.25, -0.2) is 0 Å². The molecule has 0 bridgehead atoms. The molecule has 0 aromatic heterocycles. The molecule has 0 atom stereocenters. The van der Waals surface area contributed by atoms with E-state index in [0.717, 1.165) is 0 Å². The van der Waals surface area contributed by atoms with Crippen molar-refractivity contribution < 1.29 is 0 Å². The zero-order valence-corrected chi connectivity index (χ0v) is 25.7. The second-order valence-electron chi connectivity index (χ2n) is 12.4. The fraction of sp³-hybridized carbons (Fsp3) is 0.0909. The van der Waals surface area contributed by atoms with Crippen LogP contribution in [0.1, 0.15) is 22.3 Å². The summed E-state index contributed by atoms with van der Waals surface area (Å²) in [4.78, 5) is 0. The van der Waals surface area contributed by atoms with Crippen molar-refractivity contribution in [3.05, 3.63) is 156 Å². The van der Waals surface area contributed by atoms with E-state index in [9.17, 15) is 0 Å². The molecule has 0 saturated heterocycles. The second kappa shape index (κ2) is 10.2. The predicted octanol–water partition coefficient (Wildman–Crippen LogP) is 12.5. The van der Waals surface area contributed by atoms with Gasteiger partial charge in [-0.3, -0.25) is 0 Å². The van der Waals surface area contributed by atoms with Crippen LogP contribution in [0.4, 0.5) is 0 Å². The molecule has 0 nitrogen and oxygen atoms in total. The Hall–Kier alpha value is -5.20. The van der Waals surface area contributed by atoms with Gasteiger partial charge in [0.2, 0.25) is 0 Å². The van der Waals surface area contributed by atoms with Gasteiger partial charge in [0.05, 0.1) is 0 Å². The highest BCUT2D eigenvalue weighted by molar-refractivity contribution is 6.23. The van der Waals surface area contributed by atoms with Crippen LogP contribution in [0.5, 0.6) is 0 Å². The van der Waals surface area contributed by atoms with Gasteiger partial charge in [0.1, 0.15) is 0 Å². The second-order valence-corrected chi connectivity index (χ2v) is 12.4. The van der Waals surface area contributed by atoms with Crippen LogP contribution in [-0.4, -0.2) is 0 Å². The van der Waals surface area contributed by atoms with Gasteiger partial charge in [0.15, 0.2) is 0 Å². The SMILES string of the molecule is Cc1cc2c(-c3ccc4ccccc4c3)c3cc(C)c(C)cc3c(-c3cc4ccccc4cc3-c3ccccc3)c2cc1C. The summed E-state index contributed by atoms with van der Waals surface area (Å²) in [5.41, 5.74) is 12.9. The molecule has 0 spiro atoms. The highest BCUT2D eigenvalue weighted by Gasteiger charge is 2.21. The summed E-state index contributed by atoms with van der Waals surface area (Å²) in [6.07, 6.45) is 0. The zero-order valence-electron chi connectivity index (χ0n) is 25.7. The molecule has 0 unspecified atom stereocenters. The molecule has 0 aliphatic heterocycles. The largest absolute Gasteiger partial charge is 0.0622 e. The molecule has 8 aromatic carbocycles. The maximum atomic E-state index is 2.43. The van der Waals surface area contributed by atoms with E-state index in [4.69, 9.17) is 0 Å². The first kappa shape index (κ1) is 26.4. The van der Waals surface area contributed by atoms with E-state index in [1.54, 1.807) is 0 Å². The molecule has 0 aliphatic carbocycles. The van der Waals surface area contributed by atoms with Crippen LogP contribution < -0.4 is 0 Å². The summed E-state index contributed by atoms with van der Waals surface area (Å²) in [6, 6.07) is 49.8. The Morgan fingerprint density at radius 3 is 1.27 bits per heavy atom. The van der Waals surface area contributed by atoms with E-state index in [0.29, 0.717) is 0 Å². The summed E-state index contributed by atoms with van der Waals surface area (Å²) in [5, 5.41) is 10.3. The Morgan fingerprint density at radius 2 is 0.727 bits per heavy atom. The average Bonchev–Trinajstić information content (AvgIpc) is 3.05. The molecule has 8 aromatic rings. The van der Waals surface area contributed by atoms with Crippen molar-refractivity contribution in [2.75, 3.05) is 0 Å². The molecule has 0 fully saturated rings. The Bertz CT molecular complexity index is 2340. The molecule has 0 N–H and O–H groups in total. The van der Waals surface area contributed by atoms with Crippen molar-refractivity contribution >= 4 is 43.1 Å². The lowest BCUT2D eigenvalue weighted by Gasteiger charge is -2.22. The van der Waals surface area contributed by atoms with Crippen LogP contribution in [0.3, 0.4) is 0 Å². The summed E-state index contributed by atoms with van der Waals surface area (Å²) in [5.74, 6) is 0. The minimum atomic E-state index is 1.24. The first-order valence-electron chi connectivity index (χ1n) is 15.5. The van der Waals surface area contributed by atoms with Crippen LogP contribution in [-0.2, 0) is 0 Å². The summed E-state index contributed by atoms with van der Waals surface area (Å²) in [6.45, 7) is 8.98. The van der Waals surface area contributed by atoms with E-state index in [1.165, 1.54) is 98.7 Å². The van der Waals surface area contributed by atoms with Crippen molar-refractivity contribution in [1.29, 1.82) is 0 Å². The Kier molecular flexibility index (Phi) is 6.13. The van der Waals surface area contributed by atoms with Gasteiger partial charge < -0.3 is 0 Å². The van der Waals surface area contributed by atoms with Gasteiger partial charge in [-0.15, -0.1) is 0 Å². The van der Waals surface area contributed by atoms with Gasteiger partial charge in [0.25, 0.3) is 0 Å². The Morgan fingerprint density at radius 1 is 0.295 bits per heavy atom. The van der Waals surface area contributed by atoms with Crippen LogP contribution in [0.25, 0.3) is 76.5 Å². The van der Waals surface area contributed by atoms with Crippen molar-refractivity contribution in [2.45, 2.75) is 27.7 Å². The highest BCUT2D eigenvalue weighted by Crippen LogP contribution is 2.48. The van der Waals surface area contributed by atoms with E-state index in [1.807, 2.05) is 0 Å². The molecule has 8 rings (SSSR count). The molecular weight excluding hydrogens is 528 g/mol. The van der Waals surface area contributed by atoms with Crippen molar-refractivity contribution in [1.82, 2.24) is 0 Å². The molecule has 210 valence electrons. The fourth-order valence-corrected chi connectivity index (χ4v) is 7.00. The quantitative estimate of drug-likeness (QED) is 0.188. The van der Waals surface area contributed by atoms with Gasteiger partial charge in [-0.1, -0.05) is 115 Å². The number of fused-ring (bicyclic) bond motifs is 4. The van der Waals surface area contributed by atoms with Gasteiger partial charge in [-0.05, 0) is 145 Å². The maximum Gasteiger partial charge on any atom is -0.00197 e. The van der Waals surface area contributed by atoms with Gasteiger partial charge in [-0.2, -0.15) is 0 Å². The molecule has 44 heavy (non-hydrogen) atoms. The highest BCUT2D eigenvalue weighted by atomic mass is 14.2. The van der Waals surface area contributed by atoms with Crippen LogP contribution >= 0.6 is 0 Å². The smallest absolute Gasteiger partial charge is 0.00197 e. The van der Waals surface area contributed by atoms with Crippen molar-refractivity contribution in [3.8, 4) is 33.4 Å². The first-order valence-corrected chi connectivity index (χ1v) is 15.5. The molecule has 0 heteroatoms. The predicted molar refractivity (Wildman–Crippen MR) is 192 cm³/mol. The summed E-state index contributed by atoms with van der Waals surface area (Å²) >= 11 is 0. The van der Waals surface area contributed by atoms with E-state index >= 15 is 0 Å². The van der Waals surface area contributed by atoms with Gasteiger partial charge >= 0.3 is 0 Å². The third-order valence-electron chi connectivity index (χ3n) is 9.62. The lowest BCUT2D eigenvalue weighted by Crippen LogP contribution is -1.96. The Labute approximate surface area is 259 Å².